The summed E-state index contributed by atoms with van der Waals surface area (Å²) in [5.74, 6) is 0.852. The van der Waals surface area contributed by atoms with Crippen molar-refractivity contribution in [2.75, 3.05) is 33.2 Å². The maximum absolute atomic E-state index is 3.55. The van der Waals surface area contributed by atoms with Crippen LogP contribution in [0.25, 0.3) is 0 Å². The maximum Gasteiger partial charge on any atom is 0.00328 e. The zero-order valence-corrected chi connectivity index (χ0v) is 12.4. The lowest BCUT2D eigenvalue weighted by Crippen LogP contribution is -2.44. The lowest BCUT2D eigenvalue weighted by atomic mass is 9.74. The Morgan fingerprint density at radius 1 is 1.29 bits per heavy atom. The van der Waals surface area contributed by atoms with Gasteiger partial charge in [-0.1, -0.05) is 33.6 Å². The molecule has 0 aromatic carbocycles. The zero-order valence-electron chi connectivity index (χ0n) is 12.4. The number of unbranched alkanes of at least 4 members (excludes halogenated alkanes) is 2. The quantitative estimate of drug-likeness (QED) is 0.688. The second kappa shape index (κ2) is 7.38. The Hall–Kier alpha value is -0.0800. The van der Waals surface area contributed by atoms with Crippen molar-refractivity contribution in [1.29, 1.82) is 0 Å². The minimum atomic E-state index is 0.453. The molecule has 1 aliphatic heterocycles. The molecule has 2 heteroatoms. The van der Waals surface area contributed by atoms with Gasteiger partial charge in [0.2, 0.25) is 0 Å². The summed E-state index contributed by atoms with van der Waals surface area (Å²) in [4.78, 5) is 2.53. The number of rotatable bonds is 7. The van der Waals surface area contributed by atoms with Crippen molar-refractivity contribution in [2.24, 2.45) is 11.3 Å². The van der Waals surface area contributed by atoms with E-state index in [-0.39, 0.29) is 0 Å². The molecule has 2 nitrogen and oxygen atoms in total. The highest BCUT2D eigenvalue weighted by molar-refractivity contribution is 4.84. The molecular weight excluding hydrogens is 208 g/mol. The molecule has 0 radical (unpaired) electrons. The van der Waals surface area contributed by atoms with E-state index >= 15 is 0 Å². The summed E-state index contributed by atoms with van der Waals surface area (Å²) in [5, 5.41) is 3.55. The number of nitrogens with zero attached hydrogens (tertiary/aromatic N) is 1. The third-order valence-corrected chi connectivity index (χ3v) is 4.22. The van der Waals surface area contributed by atoms with Gasteiger partial charge < -0.3 is 10.2 Å². The van der Waals surface area contributed by atoms with Crippen LogP contribution in [0.15, 0.2) is 0 Å². The summed E-state index contributed by atoms with van der Waals surface area (Å²) in [6, 6.07) is 0. The number of piperidine rings is 1. The first kappa shape index (κ1) is 15.0. The van der Waals surface area contributed by atoms with Gasteiger partial charge in [-0.2, -0.15) is 0 Å². The van der Waals surface area contributed by atoms with Crippen LogP contribution >= 0.6 is 0 Å². The van der Waals surface area contributed by atoms with Gasteiger partial charge in [0, 0.05) is 6.54 Å². The Labute approximate surface area is 108 Å². The standard InChI is InChI=1S/C15H32N2/c1-5-6-7-11-17(4)13-15(2,3)14-9-8-10-16-12-14/h14,16H,5-13H2,1-4H3. The lowest BCUT2D eigenvalue weighted by Gasteiger charge is -2.40. The summed E-state index contributed by atoms with van der Waals surface area (Å²) in [7, 11) is 2.29. The Morgan fingerprint density at radius 2 is 2.06 bits per heavy atom. The summed E-state index contributed by atoms with van der Waals surface area (Å²) in [6.45, 7) is 12.1. The van der Waals surface area contributed by atoms with Gasteiger partial charge in [-0.05, 0) is 57.3 Å². The lowest BCUT2D eigenvalue weighted by molar-refractivity contribution is 0.113. The van der Waals surface area contributed by atoms with Gasteiger partial charge in [0.05, 0.1) is 0 Å². The van der Waals surface area contributed by atoms with Crippen molar-refractivity contribution in [3.05, 3.63) is 0 Å². The summed E-state index contributed by atoms with van der Waals surface area (Å²) >= 11 is 0. The molecule has 0 saturated carbocycles. The fourth-order valence-corrected chi connectivity index (χ4v) is 3.05. The van der Waals surface area contributed by atoms with E-state index in [0.29, 0.717) is 5.41 Å². The van der Waals surface area contributed by atoms with Crippen molar-refractivity contribution in [2.45, 2.75) is 52.9 Å². The monoisotopic (exact) mass is 240 g/mol. The fraction of sp³-hybridized carbons (Fsp3) is 1.00. The molecule has 0 aromatic rings. The van der Waals surface area contributed by atoms with Crippen LogP contribution in [0, 0.1) is 11.3 Å². The molecule has 1 heterocycles. The molecule has 0 aliphatic carbocycles. The highest BCUT2D eigenvalue weighted by Crippen LogP contribution is 2.32. The van der Waals surface area contributed by atoms with Crippen LogP contribution in [0.3, 0.4) is 0 Å². The normalized spacial score (nSPS) is 22.1. The van der Waals surface area contributed by atoms with Gasteiger partial charge in [-0.25, -0.2) is 0 Å². The molecule has 1 rings (SSSR count). The SMILES string of the molecule is CCCCCN(C)CC(C)(C)C1CCCNC1. The van der Waals surface area contributed by atoms with E-state index in [1.807, 2.05) is 0 Å². The van der Waals surface area contributed by atoms with Gasteiger partial charge in [-0.15, -0.1) is 0 Å². The first-order valence-corrected chi connectivity index (χ1v) is 7.45. The van der Waals surface area contributed by atoms with Crippen LogP contribution in [-0.2, 0) is 0 Å². The van der Waals surface area contributed by atoms with E-state index in [0.717, 1.165) is 5.92 Å². The molecule has 1 aliphatic rings. The third-order valence-electron chi connectivity index (χ3n) is 4.22. The second-order valence-electron chi connectivity index (χ2n) is 6.48. The van der Waals surface area contributed by atoms with Gasteiger partial charge in [0.25, 0.3) is 0 Å². The van der Waals surface area contributed by atoms with Crippen LogP contribution in [0.5, 0.6) is 0 Å². The van der Waals surface area contributed by atoms with Gasteiger partial charge in [-0.3, -0.25) is 0 Å². The molecule has 102 valence electrons. The minimum Gasteiger partial charge on any atom is -0.316 e. The Bertz CT molecular complexity index is 195. The van der Waals surface area contributed by atoms with E-state index in [2.05, 4.69) is 38.0 Å². The van der Waals surface area contributed by atoms with E-state index in [9.17, 15) is 0 Å². The van der Waals surface area contributed by atoms with E-state index < -0.39 is 0 Å². The molecular formula is C15H32N2. The zero-order chi connectivity index (χ0) is 12.7. The summed E-state index contributed by atoms with van der Waals surface area (Å²) in [6.07, 6.45) is 6.81. The molecule has 1 atom stereocenters. The van der Waals surface area contributed by atoms with Crippen LogP contribution in [0.1, 0.15) is 52.9 Å². The highest BCUT2D eigenvalue weighted by Gasteiger charge is 2.31. The summed E-state index contributed by atoms with van der Waals surface area (Å²) < 4.78 is 0. The fourth-order valence-electron chi connectivity index (χ4n) is 3.05. The van der Waals surface area contributed by atoms with Gasteiger partial charge >= 0.3 is 0 Å². The molecule has 0 bridgehead atoms. The Morgan fingerprint density at radius 3 is 2.65 bits per heavy atom. The van der Waals surface area contributed by atoms with Crippen LogP contribution in [0.4, 0.5) is 0 Å². The van der Waals surface area contributed by atoms with Crippen molar-refractivity contribution >= 4 is 0 Å². The smallest absolute Gasteiger partial charge is 0.00328 e. The number of hydrogen-bond acceptors (Lipinski definition) is 2. The molecule has 1 fully saturated rings. The largest absolute Gasteiger partial charge is 0.316 e. The van der Waals surface area contributed by atoms with Crippen molar-refractivity contribution in [3.8, 4) is 0 Å². The van der Waals surface area contributed by atoms with Gasteiger partial charge in [0.1, 0.15) is 0 Å². The van der Waals surface area contributed by atoms with Crippen molar-refractivity contribution in [1.82, 2.24) is 10.2 Å². The molecule has 1 saturated heterocycles. The molecule has 17 heavy (non-hydrogen) atoms. The Balaban J connectivity index is 2.30. The minimum absolute atomic E-state index is 0.453. The molecule has 0 aromatic heterocycles. The predicted molar refractivity (Wildman–Crippen MR) is 76.4 cm³/mol. The molecule has 0 amide bonds. The van der Waals surface area contributed by atoms with Gasteiger partial charge in [0.15, 0.2) is 0 Å². The first-order valence-electron chi connectivity index (χ1n) is 7.45. The number of nitrogens with one attached hydrogen (secondary N) is 1. The second-order valence-corrected chi connectivity index (χ2v) is 6.48. The third kappa shape index (κ3) is 5.39. The number of hydrogen-bond donors (Lipinski definition) is 1. The van der Waals surface area contributed by atoms with Crippen LogP contribution < -0.4 is 5.32 Å². The topological polar surface area (TPSA) is 15.3 Å². The van der Waals surface area contributed by atoms with E-state index in [4.69, 9.17) is 0 Å². The van der Waals surface area contributed by atoms with E-state index in [1.54, 1.807) is 0 Å². The predicted octanol–water partition coefficient (Wildman–Crippen LogP) is 3.13. The summed E-state index contributed by atoms with van der Waals surface area (Å²) in [5.41, 5.74) is 0.453. The van der Waals surface area contributed by atoms with Crippen LogP contribution in [0.2, 0.25) is 0 Å². The molecule has 0 spiro atoms. The van der Waals surface area contributed by atoms with E-state index in [1.165, 1.54) is 58.3 Å². The molecule has 1 unspecified atom stereocenters. The van der Waals surface area contributed by atoms with Crippen molar-refractivity contribution in [3.63, 3.8) is 0 Å². The highest BCUT2D eigenvalue weighted by atomic mass is 15.1. The molecule has 1 N–H and O–H groups in total. The van der Waals surface area contributed by atoms with Crippen molar-refractivity contribution < 1.29 is 0 Å². The average molecular weight is 240 g/mol. The average Bonchev–Trinajstić information content (AvgIpc) is 2.30. The first-order chi connectivity index (χ1) is 8.06. The maximum atomic E-state index is 3.55. The Kier molecular flexibility index (Phi) is 6.50. The van der Waals surface area contributed by atoms with Crippen LogP contribution in [-0.4, -0.2) is 38.1 Å².